The number of amides is 1. The minimum absolute atomic E-state index is 0.0201. The van der Waals surface area contributed by atoms with E-state index >= 15 is 0 Å². The summed E-state index contributed by atoms with van der Waals surface area (Å²) in [6.45, 7) is 7.25. The van der Waals surface area contributed by atoms with Crippen molar-refractivity contribution in [3.8, 4) is 0 Å². The summed E-state index contributed by atoms with van der Waals surface area (Å²) in [7, 11) is 0. The van der Waals surface area contributed by atoms with Crippen LogP contribution in [0.25, 0.3) is 0 Å². The molecule has 1 rings (SSSR count). The van der Waals surface area contributed by atoms with Gasteiger partial charge >= 0.3 is 12.1 Å². The molecule has 1 fully saturated rings. The van der Waals surface area contributed by atoms with Crippen molar-refractivity contribution in [2.24, 2.45) is 5.41 Å². The largest absolute Gasteiger partial charge is 0.465 e. The first-order chi connectivity index (χ1) is 8.71. The van der Waals surface area contributed by atoms with E-state index in [9.17, 15) is 14.7 Å². The molecule has 0 bridgehead atoms. The zero-order chi connectivity index (χ0) is 14.7. The molecule has 110 valence electrons. The topological polar surface area (TPSA) is 84.9 Å². The number of esters is 1. The normalized spacial score (nSPS) is 18.4. The number of nitrogens with one attached hydrogen (secondary N) is 1. The lowest BCUT2D eigenvalue weighted by Gasteiger charge is -2.23. The van der Waals surface area contributed by atoms with Gasteiger partial charge in [-0.15, -0.1) is 0 Å². The van der Waals surface area contributed by atoms with Crippen LogP contribution in [0, 0.1) is 5.41 Å². The molecule has 2 N–H and O–H groups in total. The number of ether oxygens (including phenoxy) is 2. The van der Waals surface area contributed by atoms with Crippen LogP contribution >= 0.6 is 0 Å². The molecule has 19 heavy (non-hydrogen) atoms. The third-order valence-corrected chi connectivity index (χ3v) is 2.95. The molecule has 1 saturated carbocycles. The van der Waals surface area contributed by atoms with Crippen molar-refractivity contribution < 1.29 is 24.2 Å². The van der Waals surface area contributed by atoms with E-state index in [4.69, 9.17) is 9.47 Å². The number of aliphatic hydroxyl groups is 1. The molecule has 1 unspecified atom stereocenters. The van der Waals surface area contributed by atoms with Crippen LogP contribution in [0.5, 0.6) is 0 Å². The average molecular weight is 273 g/mol. The number of hydrogen-bond donors (Lipinski definition) is 2. The molecule has 6 nitrogen and oxygen atoms in total. The van der Waals surface area contributed by atoms with Crippen molar-refractivity contribution in [2.45, 2.75) is 52.2 Å². The molecule has 1 atom stereocenters. The summed E-state index contributed by atoms with van der Waals surface area (Å²) < 4.78 is 9.99. The molecular weight excluding hydrogens is 250 g/mol. The van der Waals surface area contributed by atoms with Gasteiger partial charge in [-0.05, 0) is 40.5 Å². The molecule has 0 aliphatic heterocycles. The van der Waals surface area contributed by atoms with Gasteiger partial charge in [-0.3, -0.25) is 4.79 Å². The Hall–Kier alpha value is -1.30. The molecule has 0 aromatic carbocycles. The van der Waals surface area contributed by atoms with E-state index in [-0.39, 0.29) is 13.2 Å². The zero-order valence-corrected chi connectivity index (χ0v) is 12.0. The first-order valence-corrected chi connectivity index (χ1v) is 6.53. The van der Waals surface area contributed by atoms with E-state index in [1.54, 1.807) is 27.7 Å². The summed E-state index contributed by atoms with van der Waals surface area (Å²) >= 11 is 0. The molecule has 1 aliphatic rings. The van der Waals surface area contributed by atoms with Crippen molar-refractivity contribution in [2.75, 3.05) is 13.2 Å². The maximum Gasteiger partial charge on any atom is 0.407 e. The van der Waals surface area contributed by atoms with E-state index in [0.29, 0.717) is 12.8 Å². The standard InChI is InChI=1S/C13H23NO5/c1-5-18-10(16)13(6-7-13)9(15)8-14-11(17)19-12(2,3)4/h9,15H,5-8H2,1-4H3,(H,14,17). The third kappa shape index (κ3) is 4.38. The molecule has 0 saturated heterocycles. The van der Waals surface area contributed by atoms with Gasteiger partial charge in [0.15, 0.2) is 0 Å². The highest BCUT2D eigenvalue weighted by Crippen LogP contribution is 2.49. The van der Waals surface area contributed by atoms with E-state index in [0.717, 1.165) is 0 Å². The summed E-state index contributed by atoms with van der Waals surface area (Å²) in [6, 6.07) is 0. The number of rotatable bonds is 5. The van der Waals surface area contributed by atoms with Gasteiger partial charge in [0.2, 0.25) is 0 Å². The van der Waals surface area contributed by atoms with Crippen LogP contribution in [0.15, 0.2) is 0 Å². The Morgan fingerprint density at radius 2 is 1.95 bits per heavy atom. The van der Waals surface area contributed by atoms with Crippen LogP contribution in [0.4, 0.5) is 4.79 Å². The molecule has 0 aromatic heterocycles. The van der Waals surface area contributed by atoms with Crippen molar-refractivity contribution >= 4 is 12.1 Å². The second-order valence-electron chi connectivity index (χ2n) is 5.78. The summed E-state index contributed by atoms with van der Waals surface area (Å²) in [6.07, 6.45) is -0.378. The fourth-order valence-electron chi connectivity index (χ4n) is 1.77. The quantitative estimate of drug-likeness (QED) is 0.736. The van der Waals surface area contributed by atoms with E-state index in [2.05, 4.69) is 5.32 Å². The third-order valence-electron chi connectivity index (χ3n) is 2.95. The monoisotopic (exact) mass is 273 g/mol. The number of carbonyl (C=O) groups is 2. The lowest BCUT2D eigenvalue weighted by molar-refractivity contribution is -0.154. The van der Waals surface area contributed by atoms with E-state index < -0.39 is 29.2 Å². The second kappa shape index (κ2) is 5.77. The minimum atomic E-state index is -0.945. The number of hydrogen-bond acceptors (Lipinski definition) is 5. The summed E-state index contributed by atoms with van der Waals surface area (Å²) in [5.41, 5.74) is -1.43. The van der Waals surface area contributed by atoms with Gasteiger partial charge in [-0.2, -0.15) is 0 Å². The second-order valence-corrected chi connectivity index (χ2v) is 5.78. The lowest BCUT2D eigenvalue weighted by atomic mass is 9.99. The zero-order valence-electron chi connectivity index (χ0n) is 12.0. The average Bonchev–Trinajstić information content (AvgIpc) is 3.05. The Morgan fingerprint density at radius 3 is 2.37 bits per heavy atom. The van der Waals surface area contributed by atoms with Gasteiger partial charge in [-0.1, -0.05) is 0 Å². The molecule has 6 heteroatoms. The van der Waals surface area contributed by atoms with E-state index in [1.807, 2.05) is 0 Å². The van der Waals surface area contributed by atoms with Gasteiger partial charge in [0.05, 0.1) is 18.1 Å². The summed E-state index contributed by atoms with van der Waals surface area (Å²) in [4.78, 5) is 23.2. The molecule has 1 amide bonds. The van der Waals surface area contributed by atoms with Crippen molar-refractivity contribution in [3.63, 3.8) is 0 Å². The van der Waals surface area contributed by atoms with Gasteiger partial charge in [0.1, 0.15) is 5.60 Å². The molecule has 0 radical (unpaired) electrons. The van der Waals surface area contributed by atoms with Gasteiger partial charge in [-0.25, -0.2) is 4.79 Å². The van der Waals surface area contributed by atoms with Crippen LogP contribution in [0.1, 0.15) is 40.5 Å². The molecule has 1 aliphatic carbocycles. The van der Waals surface area contributed by atoms with Gasteiger partial charge in [0, 0.05) is 6.54 Å². The maximum absolute atomic E-state index is 11.7. The van der Waals surface area contributed by atoms with Gasteiger partial charge in [0.25, 0.3) is 0 Å². The first-order valence-electron chi connectivity index (χ1n) is 6.53. The number of carbonyl (C=O) groups excluding carboxylic acids is 2. The Morgan fingerprint density at radius 1 is 1.37 bits per heavy atom. The highest BCUT2D eigenvalue weighted by Gasteiger charge is 2.56. The minimum Gasteiger partial charge on any atom is -0.465 e. The molecule has 0 spiro atoms. The smallest absolute Gasteiger partial charge is 0.407 e. The number of alkyl carbamates (subject to hydrolysis) is 1. The van der Waals surface area contributed by atoms with Crippen molar-refractivity contribution in [3.05, 3.63) is 0 Å². The summed E-state index contributed by atoms with van der Waals surface area (Å²) in [5.74, 6) is -0.395. The maximum atomic E-state index is 11.7. The lowest BCUT2D eigenvalue weighted by Crippen LogP contribution is -2.42. The highest BCUT2D eigenvalue weighted by atomic mass is 16.6. The highest BCUT2D eigenvalue weighted by molar-refractivity contribution is 5.80. The fourth-order valence-corrected chi connectivity index (χ4v) is 1.77. The SMILES string of the molecule is CCOC(=O)C1(C(O)CNC(=O)OC(C)(C)C)CC1. The molecular formula is C13H23NO5. The Balaban J connectivity index is 2.41. The van der Waals surface area contributed by atoms with Crippen LogP contribution in [-0.2, 0) is 14.3 Å². The van der Waals surface area contributed by atoms with Crippen LogP contribution in [0.3, 0.4) is 0 Å². The van der Waals surface area contributed by atoms with Crippen LogP contribution < -0.4 is 5.32 Å². The van der Waals surface area contributed by atoms with Crippen molar-refractivity contribution in [1.29, 1.82) is 0 Å². The number of aliphatic hydroxyl groups excluding tert-OH is 1. The summed E-state index contributed by atoms with van der Waals surface area (Å²) in [5, 5.41) is 12.5. The van der Waals surface area contributed by atoms with Crippen LogP contribution in [-0.4, -0.2) is 42.0 Å². The van der Waals surface area contributed by atoms with E-state index in [1.165, 1.54) is 0 Å². The Bertz CT molecular complexity index is 343. The molecule has 0 heterocycles. The van der Waals surface area contributed by atoms with Gasteiger partial charge < -0.3 is 19.9 Å². The fraction of sp³-hybridized carbons (Fsp3) is 0.846. The molecule has 0 aromatic rings. The van der Waals surface area contributed by atoms with Crippen LogP contribution in [0.2, 0.25) is 0 Å². The Kier molecular flexibility index (Phi) is 4.79. The Labute approximate surface area is 113 Å². The first kappa shape index (κ1) is 15.8. The predicted molar refractivity (Wildman–Crippen MR) is 68.5 cm³/mol. The predicted octanol–water partition coefficient (Wildman–Crippen LogP) is 1.22. The van der Waals surface area contributed by atoms with Crippen molar-refractivity contribution in [1.82, 2.24) is 5.32 Å².